The second-order valence-electron chi connectivity index (χ2n) is 7.08. The molecule has 2 amide bonds. The normalized spacial score (nSPS) is 17.2. The Bertz CT molecular complexity index is 838. The molecule has 1 aromatic heterocycles. The van der Waals surface area contributed by atoms with Gasteiger partial charge in [0.15, 0.2) is 0 Å². The van der Waals surface area contributed by atoms with Crippen LogP contribution in [0.25, 0.3) is 0 Å². The first kappa shape index (κ1) is 17.7. The summed E-state index contributed by atoms with van der Waals surface area (Å²) in [7, 11) is 0. The molecule has 142 valence electrons. The van der Waals surface area contributed by atoms with Gasteiger partial charge in [0.05, 0.1) is 18.3 Å². The lowest BCUT2D eigenvalue weighted by molar-refractivity contribution is -0.120. The van der Waals surface area contributed by atoms with E-state index in [1.54, 1.807) is 17.1 Å². The van der Waals surface area contributed by atoms with Gasteiger partial charge >= 0.3 is 0 Å². The Kier molecular flexibility index (Phi) is 4.94. The molecule has 4 rings (SSSR count). The fourth-order valence-electron chi connectivity index (χ4n) is 3.81. The summed E-state index contributed by atoms with van der Waals surface area (Å²) in [6.45, 7) is 6.63. The maximum Gasteiger partial charge on any atom is 0.257 e. The third-order valence-electron chi connectivity index (χ3n) is 5.41. The molecule has 0 aliphatic carbocycles. The Morgan fingerprint density at radius 1 is 1.07 bits per heavy atom. The van der Waals surface area contributed by atoms with Crippen molar-refractivity contribution in [3.05, 3.63) is 47.8 Å². The number of piperazine rings is 1. The van der Waals surface area contributed by atoms with Crippen molar-refractivity contribution < 1.29 is 9.59 Å². The Balaban J connectivity index is 1.31. The number of para-hydroxylation sites is 1. The summed E-state index contributed by atoms with van der Waals surface area (Å²) in [5, 5.41) is 4.18. The Morgan fingerprint density at radius 3 is 2.59 bits per heavy atom. The minimum absolute atomic E-state index is 0.0224. The Hall–Kier alpha value is -2.67. The Morgan fingerprint density at radius 2 is 1.85 bits per heavy atom. The first-order chi connectivity index (χ1) is 13.2. The van der Waals surface area contributed by atoms with E-state index in [-0.39, 0.29) is 11.8 Å². The van der Waals surface area contributed by atoms with Gasteiger partial charge in [0.1, 0.15) is 0 Å². The molecule has 2 aliphatic rings. The van der Waals surface area contributed by atoms with Gasteiger partial charge in [-0.05, 0) is 25.0 Å². The summed E-state index contributed by atoms with van der Waals surface area (Å²) in [6, 6.07) is 8.11. The average molecular weight is 367 g/mol. The minimum Gasteiger partial charge on any atom is -0.336 e. The van der Waals surface area contributed by atoms with Gasteiger partial charge in [0.2, 0.25) is 5.91 Å². The highest BCUT2D eigenvalue weighted by atomic mass is 16.2. The molecular weight excluding hydrogens is 342 g/mol. The highest BCUT2D eigenvalue weighted by Gasteiger charge is 2.28. The molecule has 2 aromatic rings. The number of carbonyl (C=O) groups is 2. The van der Waals surface area contributed by atoms with Gasteiger partial charge < -0.3 is 9.80 Å². The van der Waals surface area contributed by atoms with E-state index < -0.39 is 0 Å². The zero-order valence-electron chi connectivity index (χ0n) is 15.7. The predicted octanol–water partition coefficient (Wildman–Crippen LogP) is 1.25. The fraction of sp³-hybridized carbons (Fsp3) is 0.450. The summed E-state index contributed by atoms with van der Waals surface area (Å²) < 4.78 is 1.76. The van der Waals surface area contributed by atoms with Crippen LogP contribution in [0.1, 0.15) is 22.8 Å². The molecule has 7 heteroatoms. The third kappa shape index (κ3) is 3.60. The lowest BCUT2D eigenvalue weighted by Gasteiger charge is -2.34. The number of carbonyl (C=O) groups excluding carboxylic acids is 2. The predicted molar refractivity (Wildman–Crippen MR) is 103 cm³/mol. The number of hydrogen-bond acceptors (Lipinski definition) is 4. The van der Waals surface area contributed by atoms with Gasteiger partial charge in [-0.15, -0.1) is 0 Å². The SMILES string of the molecule is CCn1cc(C(=O)N2CCN(CC(=O)N3CCc4ccccc43)CC2)cn1. The summed E-state index contributed by atoms with van der Waals surface area (Å²) in [4.78, 5) is 31.2. The minimum atomic E-state index is 0.0224. The molecule has 7 nitrogen and oxygen atoms in total. The van der Waals surface area contributed by atoms with E-state index in [1.807, 2.05) is 34.9 Å². The molecule has 0 bridgehead atoms. The largest absolute Gasteiger partial charge is 0.336 e. The van der Waals surface area contributed by atoms with E-state index in [4.69, 9.17) is 0 Å². The number of fused-ring (bicyclic) bond motifs is 1. The number of hydrogen-bond donors (Lipinski definition) is 0. The summed E-state index contributed by atoms with van der Waals surface area (Å²) in [5.41, 5.74) is 2.92. The quantitative estimate of drug-likeness (QED) is 0.816. The number of benzene rings is 1. The van der Waals surface area contributed by atoms with Crippen molar-refractivity contribution >= 4 is 17.5 Å². The molecule has 1 aromatic carbocycles. The molecule has 0 atom stereocenters. The third-order valence-corrected chi connectivity index (χ3v) is 5.41. The van der Waals surface area contributed by atoms with Crippen molar-refractivity contribution in [1.82, 2.24) is 19.6 Å². The number of anilines is 1. The van der Waals surface area contributed by atoms with Gasteiger partial charge in [-0.25, -0.2) is 0 Å². The van der Waals surface area contributed by atoms with Crippen LogP contribution >= 0.6 is 0 Å². The van der Waals surface area contributed by atoms with Gasteiger partial charge in [0.25, 0.3) is 5.91 Å². The van der Waals surface area contributed by atoms with E-state index in [0.717, 1.165) is 38.3 Å². The molecule has 0 saturated carbocycles. The average Bonchev–Trinajstić information content (AvgIpc) is 3.35. The highest BCUT2D eigenvalue weighted by molar-refractivity contribution is 5.97. The van der Waals surface area contributed by atoms with Crippen LogP contribution in [-0.2, 0) is 17.8 Å². The fourth-order valence-corrected chi connectivity index (χ4v) is 3.81. The smallest absolute Gasteiger partial charge is 0.257 e. The molecule has 2 aliphatic heterocycles. The van der Waals surface area contributed by atoms with Crippen molar-refractivity contribution in [3.63, 3.8) is 0 Å². The van der Waals surface area contributed by atoms with Crippen LogP contribution < -0.4 is 4.90 Å². The Labute approximate surface area is 159 Å². The summed E-state index contributed by atoms with van der Waals surface area (Å²) >= 11 is 0. The summed E-state index contributed by atoms with van der Waals surface area (Å²) in [6.07, 6.45) is 4.35. The van der Waals surface area contributed by atoms with E-state index >= 15 is 0 Å². The molecule has 0 N–H and O–H groups in total. The van der Waals surface area contributed by atoms with Crippen molar-refractivity contribution in [1.29, 1.82) is 0 Å². The maximum absolute atomic E-state index is 12.7. The molecule has 0 spiro atoms. The molecule has 27 heavy (non-hydrogen) atoms. The van der Waals surface area contributed by atoms with Gasteiger partial charge in [-0.1, -0.05) is 18.2 Å². The first-order valence-corrected chi connectivity index (χ1v) is 9.58. The van der Waals surface area contributed by atoms with Crippen LogP contribution in [0.5, 0.6) is 0 Å². The van der Waals surface area contributed by atoms with E-state index in [2.05, 4.69) is 16.1 Å². The summed E-state index contributed by atoms with van der Waals surface area (Å²) in [5.74, 6) is 0.165. The molecule has 3 heterocycles. The van der Waals surface area contributed by atoms with Crippen LogP contribution in [0.3, 0.4) is 0 Å². The van der Waals surface area contributed by atoms with E-state index in [9.17, 15) is 9.59 Å². The van der Waals surface area contributed by atoms with Gasteiger partial charge in [-0.2, -0.15) is 5.10 Å². The zero-order valence-corrected chi connectivity index (χ0v) is 15.7. The number of rotatable bonds is 4. The number of amides is 2. The van der Waals surface area contributed by atoms with E-state index in [0.29, 0.717) is 25.2 Å². The van der Waals surface area contributed by atoms with Crippen molar-refractivity contribution in [3.8, 4) is 0 Å². The zero-order chi connectivity index (χ0) is 18.8. The lowest BCUT2D eigenvalue weighted by Crippen LogP contribution is -2.51. The van der Waals surface area contributed by atoms with Crippen molar-refractivity contribution in [2.45, 2.75) is 19.9 Å². The van der Waals surface area contributed by atoms with Crippen LogP contribution in [0.2, 0.25) is 0 Å². The number of aromatic nitrogens is 2. The maximum atomic E-state index is 12.7. The van der Waals surface area contributed by atoms with Gasteiger partial charge in [0, 0.05) is 51.2 Å². The van der Waals surface area contributed by atoms with Gasteiger partial charge in [-0.3, -0.25) is 19.2 Å². The lowest BCUT2D eigenvalue weighted by atomic mass is 10.2. The van der Waals surface area contributed by atoms with Crippen LogP contribution in [0.4, 0.5) is 5.69 Å². The standard InChI is InChI=1S/C20H25N5O2/c1-2-24-14-17(13-21-24)20(27)23-11-9-22(10-12-23)15-19(26)25-8-7-16-5-3-4-6-18(16)25/h3-6,13-14H,2,7-12,15H2,1H3. The second-order valence-corrected chi connectivity index (χ2v) is 7.08. The first-order valence-electron chi connectivity index (χ1n) is 9.58. The van der Waals surface area contributed by atoms with Crippen LogP contribution in [0.15, 0.2) is 36.7 Å². The topological polar surface area (TPSA) is 61.7 Å². The molecule has 1 saturated heterocycles. The highest BCUT2D eigenvalue weighted by Crippen LogP contribution is 2.27. The monoisotopic (exact) mass is 367 g/mol. The second kappa shape index (κ2) is 7.52. The number of nitrogens with zero attached hydrogens (tertiary/aromatic N) is 5. The molecule has 0 unspecified atom stereocenters. The molecule has 0 radical (unpaired) electrons. The van der Waals surface area contributed by atoms with E-state index in [1.165, 1.54) is 5.56 Å². The van der Waals surface area contributed by atoms with Crippen LogP contribution in [-0.4, -0.2) is 70.7 Å². The molecule has 1 fully saturated rings. The number of aryl methyl sites for hydroxylation is 1. The van der Waals surface area contributed by atoms with Crippen molar-refractivity contribution in [2.75, 3.05) is 44.2 Å². The van der Waals surface area contributed by atoms with Crippen LogP contribution in [0, 0.1) is 0 Å². The van der Waals surface area contributed by atoms with Crippen molar-refractivity contribution in [2.24, 2.45) is 0 Å². The molecular formula is C20H25N5O2.